The number of hydrogen-bond acceptors (Lipinski definition) is 4. The Bertz CT molecular complexity index is 1070. The SMILES string of the molecule is O=C(Cc1cc2cc(-c3cncc(F)c3)ccc2cn1)N1CCC(NCC(F)F)CC1. The van der Waals surface area contributed by atoms with Crippen LogP contribution in [-0.2, 0) is 11.2 Å². The van der Waals surface area contributed by atoms with Crippen LogP contribution in [-0.4, -0.2) is 52.9 Å². The van der Waals surface area contributed by atoms with Crippen molar-refractivity contribution in [3.63, 3.8) is 0 Å². The number of hydrogen-bond donors (Lipinski definition) is 1. The van der Waals surface area contributed by atoms with E-state index in [1.807, 2.05) is 24.3 Å². The molecule has 4 rings (SSSR count). The van der Waals surface area contributed by atoms with Crippen molar-refractivity contribution in [1.29, 1.82) is 0 Å². The van der Waals surface area contributed by atoms with Gasteiger partial charge in [-0.05, 0) is 42.0 Å². The van der Waals surface area contributed by atoms with Crippen molar-refractivity contribution in [2.75, 3.05) is 19.6 Å². The highest BCUT2D eigenvalue weighted by Gasteiger charge is 2.23. The lowest BCUT2D eigenvalue weighted by Gasteiger charge is -2.32. The second-order valence-electron chi connectivity index (χ2n) is 7.76. The van der Waals surface area contributed by atoms with Gasteiger partial charge in [0.25, 0.3) is 6.43 Å². The summed E-state index contributed by atoms with van der Waals surface area (Å²) in [6.45, 7) is 0.779. The first-order chi connectivity index (χ1) is 15.0. The number of rotatable bonds is 6. The van der Waals surface area contributed by atoms with Gasteiger partial charge in [-0.15, -0.1) is 0 Å². The van der Waals surface area contributed by atoms with E-state index in [-0.39, 0.29) is 24.9 Å². The zero-order valence-corrected chi connectivity index (χ0v) is 16.9. The molecular weight excluding hydrogens is 405 g/mol. The van der Waals surface area contributed by atoms with Crippen molar-refractivity contribution in [1.82, 2.24) is 20.2 Å². The average Bonchev–Trinajstić information content (AvgIpc) is 2.77. The molecule has 3 aromatic rings. The Morgan fingerprint density at radius 1 is 1.06 bits per heavy atom. The maximum atomic E-state index is 13.5. The molecule has 3 heterocycles. The second kappa shape index (κ2) is 9.43. The van der Waals surface area contributed by atoms with Gasteiger partial charge in [-0.1, -0.05) is 12.1 Å². The topological polar surface area (TPSA) is 58.1 Å². The summed E-state index contributed by atoms with van der Waals surface area (Å²) < 4.78 is 38.2. The summed E-state index contributed by atoms with van der Waals surface area (Å²) in [5, 5.41) is 4.68. The number of likely N-dealkylation sites (tertiary alicyclic amines) is 1. The predicted molar refractivity (Wildman–Crippen MR) is 112 cm³/mol. The van der Waals surface area contributed by atoms with E-state index in [9.17, 15) is 18.0 Å². The summed E-state index contributed by atoms with van der Waals surface area (Å²) in [4.78, 5) is 22.8. The van der Waals surface area contributed by atoms with Gasteiger partial charge >= 0.3 is 0 Å². The van der Waals surface area contributed by atoms with E-state index in [4.69, 9.17) is 0 Å². The molecular formula is C23H23F3N4O. The number of halogens is 3. The largest absolute Gasteiger partial charge is 0.342 e. The summed E-state index contributed by atoms with van der Waals surface area (Å²) in [6.07, 6.45) is 3.63. The molecule has 0 unspecified atom stereocenters. The lowest BCUT2D eigenvalue weighted by molar-refractivity contribution is -0.131. The quantitative estimate of drug-likeness (QED) is 0.649. The van der Waals surface area contributed by atoms with Gasteiger partial charge in [0.05, 0.1) is 24.9 Å². The zero-order valence-electron chi connectivity index (χ0n) is 16.9. The van der Waals surface area contributed by atoms with E-state index in [1.165, 1.54) is 6.07 Å². The molecule has 1 fully saturated rings. The second-order valence-corrected chi connectivity index (χ2v) is 7.76. The molecule has 1 aliphatic heterocycles. The standard InChI is InChI=1S/C23H23F3N4O/c24-19-8-18(11-27-13-19)15-1-2-16-12-28-21(9-17(16)7-15)10-23(31)30-5-3-20(4-6-30)29-14-22(25)26/h1-2,7-9,11-13,20,22,29H,3-6,10,14H2. The van der Waals surface area contributed by atoms with Gasteiger partial charge in [-0.25, -0.2) is 13.2 Å². The molecule has 2 aromatic heterocycles. The third-order valence-electron chi connectivity index (χ3n) is 5.56. The Morgan fingerprint density at radius 3 is 2.61 bits per heavy atom. The van der Waals surface area contributed by atoms with Crippen LogP contribution in [0.3, 0.4) is 0 Å². The molecule has 0 atom stereocenters. The van der Waals surface area contributed by atoms with E-state index in [0.717, 1.165) is 22.5 Å². The summed E-state index contributed by atoms with van der Waals surface area (Å²) >= 11 is 0. The van der Waals surface area contributed by atoms with Crippen molar-refractivity contribution in [3.05, 3.63) is 60.4 Å². The molecule has 31 heavy (non-hydrogen) atoms. The van der Waals surface area contributed by atoms with E-state index < -0.39 is 12.2 Å². The van der Waals surface area contributed by atoms with Crippen LogP contribution in [0.15, 0.2) is 48.9 Å². The van der Waals surface area contributed by atoms with Crippen molar-refractivity contribution >= 4 is 16.7 Å². The van der Waals surface area contributed by atoms with Gasteiger partial charge in [-0.3, -0.25) is 14.8 Å². The number of carbonyl (C=O) groups is 1. The molecule has 0 spiro atoms. The Balaban J connectivity index is 1.42. The van der Waals surface area contributed by atoms with Gasteiger partial charge in [0.2, 0.25) is 5.91 Å². The highest BCUT2D eigenvalue weighted by Crippen LogP contribution is 2.25. The fraction of sp³-hybridized carbons (Fsp3) is 0.348. The first-order valence-corrected chi connectivity index (χ1v) is 10.3. The first-order valence-electron chi connectivity index (χ1n) is 10.3. The molecule has 5 nitrogen and oxygen atoms in total. The summed E-state index contributed by atoms with van der Waals surface area (Å²) in [7, 11) is 0. The fourth-order valence-corrected chi connectivity index (χ4v) is 3.89. The van der Waals surface area contributed by atoms with Crippen LogP contribution in [0.1, 0.15) is 18.5 Å². The van der Waals surface area contributed by atoms with Crippen LogP contribution in [0.2, 0.25) is 0 Å². The minimum atomic E-state index is -2.36. The highest BCUT2D eigenvalue weighted by atomic mass is 19.3. The molecule has 0 bridgehead atoms. The molecule has 0 saturated carbocycles. The number of carbonyl (C=O) groups excluding carboxylic acids is 1. The van der Waals surface area contributed by atoms with Crippen LogP contribution in [0.5, 0.6) is 0 Å². The summed E-state index contributed by atoms with van der Waals surface area (Å²) in [6, 6.07) is 9.05. The fourth-order valence-electron chi connectivity index (χ4n) is 3.89. The predicted octanol–water partition coefficient (Wildman–Crippen LogP) is 3.82. The van der Waals surface area contributed by atoms with E-state index in [1.54, 1.807) is 17.3 Å². The van der Waals surface area contributed by atoms with Crippen LogP contribution in [0.4, 0.5) is 13.2 Å². The monoisotopic (exact) mass is 428 g/mol. The molecule has 1 aromatic carbocycles. The zero-order chi connectivity index (χ0) is 21.8. The lowest BCUT2D eigenvalue weighted by Crippen LogP contribution is -2.46. The Kier molecular flexibility index (Phi) is 6.46. The number of nitrogens with one attached hydrogen (secondary N) is 1. The molecule has 1 amide bonds. The van der Waals surface area contributed by atoms with Crippen LogP contribution in [0.25, 0.3) is 21.9 Å². The van der Waals surface area contributed by atoms with Gasteiger partial charge in [0.1, 0.15) is 5.82 Å². The van der Waals surface area contributed by atoms with E-state index >= 15 is 0 Å². The van der Waals surface area contributed by atoms with Crippen LogP contribution in [0, 0.1) is 5.82 Å². The van der Waals surface area contributed by atoms with Crippen LogP contribution >= 0.6 is 0 Å². The number of alkyl halides is 2. The lowest BCUT2D eigenvalue weighted by atomic mass is 10.0. The number of pyridine rings is 2. The van der Waals surface area contributed by atoms with Gasteiger partial charge in [-0.2, -0.15) is 0 Å². The number of amides is 1. The molecule has 1 aliphatic rings. The molecule has 1 N–H and O–H groups in total. The molecule has 0 aliphatic carbocycles. The minimum Gasteiger partial charge on any atom is -0.342 e. The Labute approximate surface area is 178 Å². The number of nitrogens with zero attached hydrogens (tertiary/aromatic N) is 3. The van der Waals surface area contributed by atoms with Crippen molar-refractivity contribution in [2.24, 2.45) is 0 Å². The van der Waals surface area contributed by atoms with Crippen molar-refractivity contribution < 1.29 is 18.0 Å². The third kappa shape index (κ3) is 5.38. The van der Waals surface area contributed by atoms with Gasteiger partial charge < -0.3 is 10.2 Å². The van der Waals surface area contributed by atoms with Gasteiger partial charge in [0, 0.05) is 42.5 Å². The molecule has 162 valence electrons. The Morgan fingerprint density at radius 2 is 1.87 bits per heavy atom. The Hall–Kier alpha value is -3.00. The summed E-state index contributed by atoms with van der Waals surface area (Å²) in [5.74, 6) is -0.420. The van der Waals surface area contributed by atoms with Gasteiger partial charge in [0.15, 0.2) is 0 Å². The average molecular weight is 428 g/mol. The number of fused-ring (bicyclic) bond motifs is 1. The van der Waals surface area contributed by atoms with Crippen molar-refractivity contribution in [3.8, 4) is 11.1 Å². The van der Waals surface area contributed by atoms with E-state index in [2.05, 4.69) is 15.3 Å². The maximum absolute atomic E-state index is 13.5. The smallest absolute Gasteiger partial charge is 0.250 e. The number of piperidine rings is 1. The highest BCUT2D eigenvalue weighted by molar-refractivity contribution is 5.88. The van der Waals surface area contributed by atoms with Crippen molar-refractivity contribution in [2.45, 2.75) is 31.7 Å². The third-order valence-corrected chi connectivity index (χ3v) is 5.56. The first kappa shape index (κ1) is 21.2. The normalized spacial score (nSPS) is 15.0. The molecule has 8 heteroatoms. The maximum Gasteiger partial charge on any atom is 0.250 e. The number of benzene rings is 1. The minimum absolute atomic E-state index is 0.0209. The van der Waals surface area contributed by atoms with E-state index in [0.29, 0.717) is 37.2 Å². The van der Waals surface area contributed by atoms with Crippen LogP contribution < -0.4 is 5.32 Å². The molecule has 1 saturated heterocycles. The summed E-state index contributed by atoms with van der Waals surface area (Å²) in [5.41, 5.74) is 2.17. The molecule has 0 radical (unpaired) electrons. The number of aromatic nitrogens is 2.